The molecule has 0 fully saturated rings. The van der Waals surface area contributed by atoms with E-state index in [-0.39, 0.29) is 30.7 Å². The van der Waals surface area contributed by atoms with Crippen LogP contribution in [0.15, 0.2) is 24.5 Å². The molecule has 0 unspecified atom stereocenters. The maximum Gasteiger partial charge on any atom is 0.417 e. The molecular weight excluding hydrogens is 339 g/mol. The minimum absolute atomic E-state index is 0.0133. The van der Waals surface area contributed by atoms with Gasteiger partial charge >= 0.3 is 12.1 Å². The van der Waals surface area contributed by atoms with E-state index in [4.69, 9.17) is 9.47 Å². The maximum absolute atomic E-state index is 12.5. The van der Waals surface area contributed by atoms with E-state index >= 15 is 0 Å². The first-order valence-corrected chi connectivity index (χ1v) is 7.63. The SMILES string of the molecule is CCOC(=O)c1cnn(C(C)C)c1COc1ccc(C(F)(F)F)cn1. The van der Waals surface area contributed by atoms with Gasteiger partial charge in [-0.05, 0) is 26.8 Å². The van der Waals surface area contributed by atoms with Crippen LogP contribution in [-0.2, 0) is 17.5 Å². The molecule has 9 heteroatoms. The molecule has 2 rings (SSSR count). The van der Waals surface area contributed by atoms with Gasteiger partial charge < -0.3 is 9.47 Å². The molecule has 0 radical (unpaired) electrons. The standard InChI is InChI=1S/C16H18F3N3O3/c1-4-24-15(23)12-8-21-22(10(2)3)13(12)9-25-14-6-5-11(7-20-14)16(17,18)19/h5-8,10H,4,9H2,1-3H3. The molecule has 0 aliphatic rings. The van der Waals surface area contributed by atoms with Crippen LogP contribution in [0, 0.1) is 0 Å². The van der Waals surface area contributed by atoms with Crippen LogP contribution in [0.25, 0.3) is 0 Å². The number of aromatic nitrogens is 3. The van der Waals surface area contributed by atoms with Crippen molar-refractivity contribution in [1.29, 1.82) is 0 Å². The zero-order chi connectivity index (χ0) is 18.6. The van der Waals surface area contributed by atoms with E-state index in [9.17, 15) is 18.0 Å². The lowest BCUT2D eigenvalue weighted by Crippen LogP contribution is -2.14. The van der Waals surface area contributed by atoms with Gasteiger partial charge in [0.2, 0.25) is 5.88 Å². The van der Waals surface area contributed by atoms with Gasteiger partial charge in [-0.3, -0.25) is 4.68 Å². The van der Waals surface area contributed by atoms with E-state index in [0.717, 1.165) is 12.1 Å². The third-order valence-electron chi connectivity index (χ3n) is 3.30. The number of hydrogen-bond donors (Lipinski definition) is 0. The highest BCUT2D eigenvalue weighted by Crippen LogP contribution is 2.29. The molecule has 0 amide bonds. The van der Waals surface area contributed by atoms with Crippen LogP contribution >= 0.6 is 0 Å². The summed E-state index contributed by atoms with van der Waals surface area (Å²) < 4.78 is 49.6. The van der Waals surface area contributed by atoms with Gasteiger partial charge in [0.05, 0.1) is 24.1 Å². The van der Waals surface area contributed by atoms with Gasteiger partial charge in [0, 0.05) is 18.3 Å². The average molecular weight is 357 g/mol. The Balaban J connectivity index is 2.19. The van der Waals surface area contributed by atoms with Crippen molar-refractivity contribution in [2.24, 2.45) is 0 Å². The van der Waals surface area contributed by atoms with Crippen molar-refractivity contribution < 1.29 is 27.4 Å². The summed E-state index contributed by atoms with van der Waals surface area (Å²) in [5, 5.41) is 4.14. The number of ether oxygens (including phenoxy) is 2. The molecule has 2 heterocycles. The molecule has 0 atom stereocenters. The number of rotatable bonds is 6. The molecule has 0 saturated heterocycles. The normalized spacial score (nSPS) is 11.6. The largest absolute Gasteiger partial charge is 0.471 e. The van der Waals surface area contributed by atoms with Crippen molar-refractivity contribution in [1.82, 2.24) is 14.8 Å². The Bertz CT molecular complexity index is 724. The summed E-state index contributed by atoms with van der Waals surface area (Å²) in [5.41, 5.74) is -0.142. The average Bonchev–Trinajstić information content (AvgIpc) is 2.97. The summed E-state index contributed by atoms with van der Waals surface area (Å²) >= 11 is 0. The van der Waals surface area contributed by atoms with Crippen LogP contribution in [0.1, 0.15) is 48.4 Å². The summed E-state index contributed by atoms with van der Waals surface area (Å²) in [6.07, 6.45) is -2.38. The molecule has 0 aliphatic carbocycles. The third kappa shape index (κ3) is 4.49. The number of halogens is 3. The summed E-state index contributed by atoms with van der Waals surface area (Å²) in [7, 11) is 0. The fourth-order valence-corrected chi connectivity index (χ4v) is 2.13. The minimum Gasteiger partial charge on any atom is -0.471 e. The van der Waals surface area contributed by atoms with Crippen molar-refractivity contribution in [2.45, 2.75) is 39.6 Å². The molecule has 0 N–H and O–H groups in total. The van der Waals surface area contributed by atoms with E-state index in [0.29, 0.717) is 11.9 Å². The van der Waals surface area contributed by atoms with Gasteiger partial charge in [-0.15, -0.1) is 0 Å². The summed E-state index contributed by atoms with van der Waals surface area (Å²) in [6, 6.07) is 1.97. The van der Waals surface area contributed by atoms with Crippen LogP contribution in [0.2, 0.25) is 0 Å². The predicted molar refractivity (Wildman–Crippen MR) is 82.1 cm³/mol. The molecule has 6 nitrogen and oxygen atoms in total. The Morgan fingerprint density at radius 2 is 2.00 bits per heavy atom. The van der Waals surface area contributed by atoms with Crippen LogP contribution < -0.4 is 4.74 Å². The second kappa shape index (κ2) is 7.54. The second-order valence-electron chi connectivity index (χ2n) is 5.44. The molecule has 136 valence electrons. The molecule has 25 heavy (non-hydrogen) atoms. The smallest absolute Gasteiger partial charge is 0.417 e. The lowest BCUT2D eigenvalue weighted by molar-refractivity contribution is -0.137. The Labute approximate surface area is 142 Å². The third-order valence-corrected chi connectivity index (χ3v) is 3.30. The zero-order valence-corrected chi connectivity index (χ0v) is 14.0. The van der Waals surface area contributed by atoms with Crippen molar-refractivity contribution in [3.05, 3.63) is 41.3 Å². The predicted octanol–water partition coefficient (Wildman–Crippen LogP) is 3.63. The number of pyridine rings is 1. The summed E-state index contributed by atoms with van der Waals surface area (Å²) in [5.74, 6) is -0.521. The van der Waals surface area contributed by atoms with E-state index in [1.165, 1.54) is 6.20 Å². The Hall–Kier alpha value is -2.58. The van der Waals surface area contributed by atoms with E-state index in [1.807, 2.05) is 13.8 Å². The van der Waals surface area contributed by atoms with Crippen molar-refractivity contribution in [3.63, 3.8) is 0 Å². The topological polar surface area (TPSA) is 66.2 Å². The van der Waals surface area contributed by atoms with E-state index in [2.05, 4.69) is 10.1 Å². The molecule has 0 aromatic carbocycles. The number of esters is 1. The van der Waals surface area contributed by atoms with Crippen LogP contribution in [0.3, 0.4) is 0 Å². The molecule has 0 aliphatic heterocycles. The Kier molecular flexibility index (Phi) is 5.66. The van der Waals surface area contributed by atoms with Crippen molar-refractivity contribution >= 4 is 5.97 Å². The lowest BCUT2D eigenvalue weighted by Gasteiger charge is -2.13. The van der Waals surface area contributed by atoms with Gasteiger partial charge in [-0.1, -0.05) is 0 Å². The van der Waals surface area contributed by atoms with E-state index in [1.54, 1.807) is 11.6 Å². The Morgan fingerprint density at radius 3 is 2.52 bits per heavy atom. The fourth-order valence-electron chi connectivity index (χ4n) is 2.13. The van der Waals surface area contributed by atoms with Gasteiger partial charge in [0.25, 0.3) is 0 Å². The van der Waals surface area contributed by atoms with Gasteiger partial charge in [-0.2, -0.15) is 18.3 Å². The molecule has 0 spiro atoms. The van der Waals surface area contributed by atoms with Crippen molar-refractivity contribution in [3.8, 4) is 5.88 Å². The quantitative estimate of drug-likeness (QED) is 0.739. The van der Waals surface area contributed by atoms with E-state index < -0.39 is 17.7 Å². The number of carbonyl (C=O) groups excluding carboxylic acids is 1. The summed E-state index contributed by atoms with van der Waals surface area (Å²) in [6.45, 7) is 5.58. The van der Waals surface area contributed by atoms with Crippen molar-refractivity contribution in [2.75, 3.05) is 6.61 Å². The highest BCUT2D eigenvalue weighted by atomic mass is 19.4. The van der Waals surface area contributed by atoms with Crippen LogP contribution in [0.5, 0.6) is 5.88 Å². The molecule has 2 aromatic rings. The monoisotopic (exact) mass is 357 g/mol. The minimum atomic E-state index is -4.46. The number of alkyl halides is 3. The lowest BCUT2D eigenvalue weighted by atomic mass is 10.2. The molecular formula is C16H18F3N3O3. The highest BCUT2D eigenvalue weighted by molar-refractivity contribution is 5.90. The van der Waals surface area contributed by atoms with Crippen LogP contribution in [-0.4, -0.2) is 27.3 Å². The first kappa shape index (κ1) is 18.8. The van der Waals surface area contributed by atoms with Gasteiger partial charge in [-0.25, -0.2) is 9.78 Å². The number of nitrogens with zero attached hydrogens (tertiary/aromatic N) is 3. The number of carbonyl (C=O) groups is 1. The summed E-state index contributed by atoms with van der Waals surface area (Å²) in [4.78, 5) is 15.6. The maximum atomic E-state index is 12.5. The Morgan fingerprint density at radius 1 is 1.28 bits per heavy atom. The van der Waals surface area contributed by atoms with Crippen LogP contribution in [0.4, 0.5) is 13.2 Å². The zero-order valence-electron chi connectivity index (χ0n) is 14.0. The van der Waals surface area contributed by atoms with Gasteiger partial charge in [0.1, 0.15) is 12.2 Å². The van der Waals surface area contributed by atoms with Gasteiger partial charge in [0.15, 0.2) is 0 Å². The molecule has 0 bridgehead atoms. The molecule has 2 aromatic heterocycles. The highest BCUT2D eigenvalue weighted by Gasteiger charge is 2.30. The molecule has 0 saturated carbocycles. The fraction of sp³-hybridized carbons (Fsp3) is 0.438. The first-order valence-electron chi connectivity index (χ1n) is 7.63. The number of hydrogen-bond acceptors (Lipinski definition) is 5. The first-order chi connectivity index (χ1) is 11.7. The second-order valence-corrected chi connectivity index (χ2v) is 5.44.